The highest BCUT2D eigenvalue weighted by Gasteiger charge is 2.30. The molecule has 7 heteroatoms. The Morgan fingerprint density at radius 1 is 1.08 bits per heavy atom. The molecule has 0 aliphatic heterocycles. The Kier molecular flexibility index (Phi) is 4.56. The van der Waals surface area contributed by atoms with Crippen LogP contribution in [0.1, 0.15) is 21.5 Å². The molecule has 0 radical (unpaired) electrons. The zero-order chi connectivity index (χ0) is 17.9. The zero-order valence-electron chi connectivity index (χ0n) is 13.0. The fraction of sp³-hybridized carbons (Fsp3) is 0.111. The van der Waals surface area contributed by atoms with Crippen LogP contribution in [0.15, 0.2) is 67.0 Å². The molecule has 0 atom stereocenters. The summed E-state index contributed by atoms with van der Waals surface area (Å²) in [5.74, 6) is -0.571. The van der Waals surface area contributed by atoms with E-state index in [0.29, 0.717) is 0 Å². The molecule has 1 amide bonds. The van der Waals surface area contributed by atoms with Crippen molar-refractivity contribution in [2.75, 3.05) is 0 Å². The van der Waals surface area contributed by atoms with Crippen LogP contribution in [0, 0.1) is 0 Å². The van der Waals surface area contributed by atoms with Gasteiger partial charge >= 0.3 is 6.18 Å². The van der Waals surface area contributed by atoms with Crippen LogP contribution in [0.3, 0.4) is 0 Å². The van der Waals surface area contributed by atoms with Crippen molar-refractivity contribution in [3.63, 3.8) is 0 Å². The largest absolute Gasteiger partial charge is 0.416 e. The molecule has 0 fully saturated rings. The molecule has 1 aromatic heterocycles. The average molecular weight is 345 g/mol. The van der Waals surface area contributed by atoms with E-state index in [9.17, 15) is 18.0 Å². The molecule has 0 spiro atoms. The summed E-state index contributed by atoms with van der Waals surface area (Å²) in [5.41, 5.74) is 0.726. The lowest BCUT2D eigenvalue weighted by Gasteiger charge is -2.08. The fourth-order valence-electron chi connectivity index (χ4n) is 2.29. The highest BCUT2D eigenvalue weighted by molar-refractivity contribution is 5.94. The molecular formula is C18H14F3N3O. The Hall–Kier alpha value is -3.09. The third-order valence-corrected chi connectivity index (χ3v) is 3.56. The first-order valence-electron chi connectivity index (χ1n) is 7.48. The van der Waals surface area contributed by atoms with Crippen molar-refractivity contribution in [1.29, 1.82) is 0 Å². The Morgan fingerprint density at radius 2 is 1.84 bits per heavy atom. The summed E-state index contributed by atoms with van der Waals surface area (Å²) < 4.78 is 39.8. The minimum absolute atomic E-state index is 0.0368. The number of hydrogen-bond acceptors (Lipinski definition) is 2. The molecule has 0 saturated carbocycles. The lowest BCUT2D eigenvalue weighted by molar-refractivity contribution is -0.137. The molecule has 0 unspecified atom stereocenters. The molecule has 3 rings (SSSR count). The van der Waals surface area contributed by atoms with Crippen molar-refractivity contribution >= 4 is 5.91 Å². The lowest BCUT2D eigenvalue weighted by atomic mass is 10.1. The number of alkyl halides is 3. The highest BCUT2D eigenvalue weighted by Crippen LogP contribution is 2.29. The number of hydrogen-bond donors (Lipinski definition) is 1. The number of halogens is 3. The van der Waals surface area contributed by atoms with Crippen LogP contribution in [0.25, 0.3) is 5.69 Å². The number of nitrogens with zero attached hydrogens (tertiary/aromatic N) is 2. The van der Waals surface area contributed by atoms with Gasteiger partial charge in [-0.05, 0) is 30.3 Å². The molecule has 25 heavy (non-hydrogen) atoms. The standard InChI is InChI=1S/C18H14F3N3O/c19-18(20,21)15-6-4-5-14(9-15)17(25)22-10-13-11-23-24(12-13)16-7-2-1-3-8-16/h1-9,11-12H,10H2,(H,22,25). The number of aromatic nitrogens is 2. The monoisotopic (exact) mass is 345 g/mol. The van der Waals surface area contributed by atoms with Crippen LogP contribution in [0.2, 0.25) is 0 Å². The summed E-state index contributed by atoms with van der Waals surface area (Å²) >= 11 is 0. The van der Waals surface area contributed by atoms with Crippen LogP contribution in [-0.2, 0) is 12.7 Å². The number of carbonyl (C=O) groups is 1. The molecule has 4 nitrogen and oxygen atoms in total. The van der Waals surface area contributed by atoms with E-state index in [1.807, 2.05) is 30.3 Å². The number of para-hydroxylation sites is 1. The van der Waals surface area contributed by atoms with Crippen molar-refractivity contribution in [3.8, 4) is 5.69 Å². The molecule has 128 valence electrons. The van der Waals surface area contributed by atoms with E-state index in [0.717, 1.165) is 23.4 Å². The van der Waals surface area contributed by atoms with Crippen molar-refractivity contribution in [2.24, 2.45) is 0 Å². The Morgan fingerprint density at radius 3 is 2.56 bits per heavy atom. The third-order valence-electron chi connectivity index (χ3n) is 3.56. The second kappa shape index (κ2) is 6.80. The van der Waals surface area contributed by atoms with Gasteiger partial charge in [0.05, 0.1) is 17.4 Å². The van der Waals surface area contributed by atoms with Gasteiger partial charge in [-0.15, -0.1) is 0 Å². The van der Waals surface area contributed by atoms with Crippen molar-refractivity contribution in [1.82, 2.24) is 15.1 Å². The van der Waals surface area contributed by atoms with Crippen LogP contribution >= 0.6 is 0 Å². The Bertz CT molecular complexity index is 873. The van der Waals surface area contributed by atoms with Gasteiger partial charge in [0.2, 0.25) is 0 Å². The van der Waals surface area contributed by atoms with E-state index in [4.69, 9.17) is 0 Å². The van der Waals surface area contributed by atoms with Gasteiger partial charge in [-0.2, -0.15) is 18.3 Å². The summed E-state index contributed by atoms with van der Waals surface area (Å²) in [6.45, 7) is 0.169. The molecule has 0 bridgehead atoms. The van der Waals surface area contributed by atoms with E-state index in [2.05, 4.69) is 10.4 Å². The molecule has 3 aromatic rings. The minimum atomic E-state index is -4.48. The predicted molar refractivity (Wildman–Crippen MR) is 86.2 cm³/mol. The molecule has 0 saturated heterocycles. The first-order valence-corrected chi connectivity index (χ1v) is 7.48. The number of benzene rings is 2. The number of carbonyl (C=O) groups excluding carboxylic acids is 1. The molecule has 2 aromatic carbocycles. The molecule has 1 heterocycles. The van der Waals surface area contributed by atoms with Crippen LogP contribution in [0.5, 0.6) is 0 Å². The van der Waals surface area contributed by atoms with Gasteiger partial charge in [0, 0.05) is 23.9 Å². The van der Waals surface area contributed by atoms with Crippen LogP contribution in [-0.4, -0.2) is 15.7 Å². The van der Waals surface area contributed by atoms with Crippen molar-refractivity contribution in [2.45, 2.75) is 12.7 Å². The van der Waals surface area contributed by atoms with Gasteiger partial charge in [0.25, 0.3) is 5.91 Å². The topological polar surface area (TPSA) is 46.9 Å². The Labute approximate surface area is 141 Å². The van der Waals surface area contributed by atoms with Gasteiger partial charge in [-0.3, -0.25) is 4.79 Å². The van der Waals surface area contributed by atoms with Crippen LogP contribution < -0.4 is 5.32 Å². The zero-order valence-corrected chi connectivity index (χ0v) is 13.0. The van der Waals surface area contributed by atoms with E-state index in [1.54, 1.807) is 17.1 Å². The van der Waals surface area contributed by atoms with Crippen LogP contribution in [0.4, 0.5) is 13.2 Å². The molecular weight excluding hydrogens is 331 g/mol. The Balaban J connectivity index is 1.66. The fourth-order valence-corrected chi connectivity index (χ4v) is 2.29. The lowest BCUT2D eigenvalue weighted by Crippen LogP contribution is -2.23. The van der Waals surface area contributed by atoms with Gasteiger partial charge in [-0.25, -0.2) is 4.68 Å². The van der Waals surface area contributed by atoms with Crippen molar-refractivity contribution in [3.05, 3.63) is 83.7 Å². The summed E-state index contributed by atoms with van der Waals surface area (Å²) in [5, 5.41) is 6.80. The maximum atomic E-state index is 12.7. The summed E-state index contributed by atoms with van der Waals surface area (Å²) in [6, 6.07) is 13.8. The average Bonchev–Trinajstić information content (AvgIpc) is 3.09. The maximum Gasteiger partial charge on any atom is 0.416 e. The quantitative estimate of drug-likeness (QED) is 0.781. The van der Waals surface area contributed by atoms with Crippen molar-refractivity contribution < 1.29 is 18.0 Å². The first kappa shape index (κ1) is 16.8. The van der Waals surface area contributed by atoms with Gasteiger partial charge in [0.15, 0.2) is 0 Å². The van der Waals surface area contributed by atoms with E-state index < -0.39 is 17.6 Å². The number of amides is 1. The summed E-state index contributed by atoms with van der Waals surface area (Å²) in [4.78, 5) is 12.1. The normalized spacial score (nSPS) is 11.3. The molecule has 0 aliphatic rings. The molecule has 1 N–H and O–H groups in total. The minimum Gasteiger partial charge on any atom is -0.348 e. The third kappa shape index (κ3) is 4.06. The number of nitrogens with one attached hydrogen (secondary N) is 1. The first-order chi connectivity index (χ1) is 11.9. The summed E-state index contributed by atoms with van der Waals surface area (Å²) in [7, 11) is 0. The highest BCUT2D eigenvalue weighted by atomic mass is 19.4. The van der Waals surface area contributed by atoms with Gasteiger partial charge < -0.3 is 5.32 Å². The van der Waals surface area contributed by atoms with E-state index in [-0.39, 0.29) is 12.1 Å². The van der Waals surface area contributed by atoms with Gasteiger partial charge in [-0.1, -0.05) is 24.3 Å². The second-order valence-corrected chi connectivity index (χ2v) is 5.39. The predicted octanol–water partition coefficient (Wildman–Crippen LogP) is 3.82. The van der Waals surface area contributed by atoms with E-state index in [1.165, 1.54) is 12.1 Å². The van der Waals surface area contributed by atoms with Gasteiger partial charge in [0.1, 0.15) is 0 Å². The summed E-state index contributed by atoms with van der Waals surface area (Å²) in [6.07, 6.45) is -1.13. The maximum absolute atomic E-state index is 12.7. The molecule has 0 aliphatic carbocycles. The van der Waals surface area contributed by atoms with E-state index >= 15 is 0 Å². The second-order valence-electron chi connectivity index (χ2n) is 5.39. The number of rotatable bonds is 4. The smallest absolute Gasteiger partial charge is 0.348 e. The SMILES string of the molecule is O=C(NCc1cnn(-c2ccccc2)c1)c1cccc(C(F)(F)F)c1.